The van der Waals surface area contributed by atoms with Crippen molar-refractivity contribution >= 4 is 28.9 Å². The van der Waals surface area contributed by atoms with E-state index in [1.165, 1.54) is 16.2 Å². The highest BCUT2D eigenvalue weighted by Gasteiger charge is 2.23. The number of rotatable bonds is 6. The van der Waals surface area contributed by atoms with Gasteiger partial charge in [-0.3, -0.25) is 0 Å². The Bertz CT molecular complexity index is 716. The number of hydrogen-bond donors (Lipinski definition) is 2. The first-order valence-corrected chi connectivity index (χ1v) is 9.68. The summed E-state index contributed by atoms with van der Waals surface area (Å²) >= 11 is 12.0. The number of anilines is 1. The fourth-order valence-electron chi connectivity index (χ4n) is 3.21. The van der Waals surface area contributed by atoms with Crippen molar-refractivity contribution in [3.8, 4) is 5.75 Å². The lowest BCUT2D eigenvalue weighted by Gasteiger charge is -2.34. The summed E-state index contributed by atoms with van der Waals surface area (Å²) in [6, 6.07) is 13.8. The molecule has 0 spiro atoms. The molecule has 0 radical (unpaired) electrons. The van der Waals surface area contributed by atoms with Gasteiger partial charge in [0.1, 0.15) is 25.0 Å². The molecule has 2 aromatic carbocycles. The number of piperazine rings is 1. The minimum absolute atomic E-state index is 0.229. The van der Waals surface area contributed by atoms with Crippen molar-refractivity contribution in [1.29, 1.82) is 0 Å². The number of aryl methyl sites for hydroxylation is 1. The van der Waals surface area contributed by atoms with Gasteiger partial charge < -0.3 is 19.6 Å². The summed E-state index contributed by atoms with van der Waals surface area (Å²) in [5.74, 6) is 0.550. The molecule has 3 rings (SSSR count). The van der Waals surface area contributed by atoms with Gasteiger partial charge in [-0.05, 0) is 37.3 Å². The highest BCUT2D eigenvalue weighted by Crippen LogP contribution is 2.27. The number of benzene rings is 2. The van der Waals surface area contributed by atoms with E-state index in [2.05, 4.69) is 36.1 Å². The molecular formula is C20H25Cl2N2O2+. The quantitative estimate of drug-likeness (QED) is 0.788. The fraction of sp³-hybridized carbons (Fsp3) is 0.400. The molecule has 2 N–H and O–H groups in total. The molecule has 0 bridgehead atoms. The third-order valence-corrected chi connectivity index (χ3v) is 5.25. The van der Waals surface area contributed by atoms with Crippen LogP contribution < -0.4 is 14.5 Å². The molecule has 0 unspecified atom stereocenters. The van der Waals surface area contributed by atoms with Crippen LogP contribution in [0.4, 0.5) is 5.69 Å². The standard InChI is InChI=1S/C20H24Cl2N2O2/c1-15-2-5-17(6-3-15)24-10-8-23(9-11-24)13-18(25)14-26-20-7-4-16(21)12-19(20)22/h2-7,12,18,25H,8-11,13-14H2,1H3/p+1/t18-/m0/s1. The summed E-state index contributed by atoms with van der Waals surface area (Å²) in [4.78, 5) is 3.80. The molecule has 0 saturated carbocycles. The van der Waals surface area contributed by atoms with E-state index in [4.69, 9.17) is 27.9 Å². The van der Waals surface area contributed by atoms with Crippen LogP contribution in [0.2, 0.25) is 10.0 Å². The number of aliphatic hydroxyl groups excluding tert-OH is 1. The number of ether oxygens (including phenoxy) is 1. The van der Waals surface area contributed by atoms with Gasteiger partial charge in [-0.25, -0.2) is 0 Å². The number of nitrogens with one attached hydrogen (secondary N) is 1. The van der Waals surface area contributed by atoms with Crippen LogP contribution in [0.5, 0.6) is 5.75 Å². The van der Waals surface area contributed by atoms with Gasteiger partial charge in [0, 0.05) is 10.7 Å². The van der Waals surface area contributed by atoms with Crippen molar-refractivity contribution in [3.05, 3.63) is 58.1 Å². The zero-order valence-electron chi connectivity index (χ0n) is 14.9. The lowest BCUT2D eigenvalue weighted by molar-refractivity contribution is -0.903. The van der Waals surface area contributed by atoms with E-state index < -0.39 is 6.10 Å². The van der Waals surface area contributed by atoms with Crippen LogP contribution in [0.3, 0.4) is 0 Å². The van der Waals surface area contributed by atoms with Crippen LogP contribution >= 0.6 is 23.2 Å². The fourth-order valence-corrected chi connectivity index (χ4v) is 3.67. The third-order valence-electron chi connectivity index (χ3n) is 4.72. The third kappa shape index (κ3) is 5.27. The highest BCUT2D eigenvalue weighted by atomic mass is 35.5. The number of quaternary nitrogens is 1. The lowest BCUT2D eigenvalue weighted by Crippen LogP contribution is -3.16. The first-order chi connectivity index (χ1) is 12.5. The Morgan fingerprint density at radius 1 is 1.12 bits per heavy atom. The van der Waals surface area contributed by atoms with Gasteiger partial charge in [-0.15, -0.1) is 0 Å². The molecule has 1 saturated heterocycles. The van der Waals surface area contributed by atoms with Gasteiger partial charge in [-0.1, -0.05) is 40.9 Å². The average Bonchev–Trinajstić information content (AvgIpc) is 2.62. The molecule has 1 atom stereocenters. The topological polar surface area (TPSA) is 37.1 Å². The molecular weight excluding hydrogens is 371 g/mol. The molecule has 140 valence electrons. The molecule has 0 aromatic heterocycles. The molecule has 4 nitrogen and oxygen atoms in total. The summed E-state index contributed by atoms with van der Waals surface area (Å²) in [6.07, 6.45) is -0.525. The van der Waals surface area contributed by atoms with Crippen LogP contribution in [0.15, 0.2) is 42.5 Å². The van der Waals surface area contributed by atoms with Gasteiger partial charge in [0.25, 0.3) is 0 Å². The Hall–Kier alpha value is -1.46. The molecule has 6 heteroatoms. The SMILES string of the molecule is Cc1ccc(N2CC[NH+](C[C@H](O)COc3ccc(Cl)cc3Cl)CC2)cc1. The van der Waals surface area contributed by atoms with Gasteiger partial charge in [0.2, 0.25) is 0 Å². The maximum atomic E-state index is 10.3. The van der Waals surface area contributed by atoms with E-state index >= 15 is 0 Å². The van der Waals surface area contributed by atoms with Crippen LogP contribution in [-0.4, -0.2) is 50.5 Å². The summed E-state index contributed by atoms with van der Waals surface area (Å²) in [5.41, 5.74) is 2.55. The zero-order chi connectivity index (χ0) is 18.5. The van der Waals surface area contributed by atoms with Gasteiger partial charge in [0.05, 0.1) is 31.2 Å². The van der Waals surface area contributed by atoms with Crippen molar-refractivity contribution in [1.82, 2.24) is 0 Å². The zero-order valence-corrected chi connectivity index (χ0v) is 16.4. The largest absolute Gasteiger partial charge is 0.489 e. The first kappa shape index (κ1) is 19.3. The van der Waals surface area contributed by atoms with Crippen LogP contribution in [0.1, 0.15) is 5.56 Å². The number of aliphatic hydroxyl groups is 1. The number of hydrogen-bond acceptors (Lipinski definition) is 3. The first-order valence-electron chi connectivity index (χ1n) is 8.92. The Kier molecular flexibility index (Phi) is 6.65. The van der Waals surface area contributed by atoms with Gasteiger partial charge in [0.15, 0.2) is 0 Å². The Morgan fingerprint density at radius 2 is 1.81 bits per heavy atom. The Balaban J connectivity index is 1.43. The van der Waals surface area contributed by atoms with E-state index in [1.807, 2.05) is 0 Å². The summed E-state index contributed by atoms with van der Waals surface area (Å²) < 4.78 is 5.63. The van der Waals surface area contributed by atoms with E-state index in [1.54, 1.807) is 18.2 Å². The second kappa shape index (κ2) is 8.96. The van der Waals surface area contributed by atoms with Crippen molar-refractivity contribution in [2.24, 2.45) is 0 Å². The summed E-state index contributed by atoms with van der Waals surface area (Å²) in [6.45, 7) is 7.01. The average molecular weight is 396 g/mol. The van der Waals surface area contributed by atoms with E-state index in [0.717, 1.165) is 26.2 Å². The Labute approximate surface area is 164 Å². The second-order valence-corrected chi connectivity index (χ2v) is 7.66. The predicted molar refractivity (Wildman–Crippen MR) is 107 cm³/mol. The number of nitrogens with zero attached hydrogens (tertiary/aromatic N) is 1. The maximum Gasteiger partial charge on any atom is 0.138 e. The predicted octanol–water partition coefficient (Wildman–Crippen LogP) is 2.45. The number of halogens is 2. The summed E-state index contributed by atoms with van der Waals surface area (Å²) in [5, 5.41) is 11.3. The minimum atomic E-state index is -0.525. The molecule has 2 aromatic rings. The van der Waals surface area contributed by atoms with E-state index in [0.29, 0.717) is 22.3 Å². The van der Waals surface area contributed by atoms with E-state index in [9.17, 15) is 5.11 Å². The summed E-state index contributed by atoms with van der Waals surface area (Å²) in [7, 11) is 0. The Morgan fingerprint density at radius 3 is 2.46 bits per heavy atom. The lowest BCUT2D eigenvalue weighted by atomic mass is 10.2. The molecule has 1 heterocycles. The van der Waals surface area contributed by atoms with E-state index in [-0.39, 0.29) is 6.61 Å². The second-order valence-electron chi connectivity index (χ2n) is 6.82. The molecule has 0 aliphatic carbocycles. The van der Waals surface area contributed by atoms with Crippen LogP contribution in [-0.2, 0) is 0 Å². The van der Waals surface area contributed by atoms with Crippen molar-refractivity contribution < 1.29 is 14.7 Å². The molecule has 0 amide bonds. The van der Waals surface area contributed by atoms with Crippen molar-refractivity contribution in [3.63, 3.8) is 0 Å². The van der Waals surface area contributed by atoms with Crippen molar-refractivity contribution in [2.45, 2.75) is 13.0 Å². The maximum absolute atomic E-state index is 10.3. The monoisotopic (exact) mass is 395 g/mol. The van der Waals surface area contributed by atoms with Gasteiger partial charge >= 0.3 is 0 Å². The van der Waals surface area contributed by atoms with Gasteiger partial charge in [-0.2, -0.15) is 0 Å². The smallest absolute Gasteiger partial charge is 0.138 e. The minimum Gasteiger partial charge on any atom is -0.489 e. The molecule has 26 heavy (non-hydrogen) atoms. The molecule has 1 aliphatic heterocycles. The molecule has 1 aliphatic rings. The van der Waals surface area contributed by atoms with Crippen LogP contribution in [0.25, 0.3) is 0 Å². The van der Waals surface area contributed by atoms with Crippen molar-refractivity contribution in [2.75, 3.05) is 44.2 Å². The van der Waals surface area contributed by atoms with Crippen LogP contribution in [0, 0.1) is 6.92 Å². The normalized spacial score (nSPS) is 16.5. The highest BCUT2D eigenvalue weighted by molar-refractivity contribution is 6.35. The molecule has 1 fully saturated rings.